The lowest BCUT2D eigenvalue weighted by molar-refractivity contribution is -0.0595. The van der Waals surface area contributed by atoms with Gasteiger partial charge in [0.1, 0.15) is 0 Å². The molecule has 0 amide bonds. The lowest BCUT2D eigenvalue weighted by Gasteiger charge is -2.45. The first-order valence-corrected chi connectivity index (χ1v) is 8.59. The van der Waals surface area contributed by atoms with Gasteiger partial charge in [-0.2, -0.15) is 0 Å². The number of likely N-dealkylation sites (tertiary alicyclic amines) is 1. The van der Waals surface area contributed by atoms with Crippen LogP contribution in [0.15, 0.2) is 24.3 Å². The first-order valence-electron chi connectivity index (χ1n) is 8.22. The second-order valence-corrected chi connectivity index (χ2v) is 7.73. The highest BCUT2D eigenvalue weighted by atomic mass is 35.5. The molecule has 0 bridgehead atoms. The average Bonchev–Trinajstić information content (AvgIpc) is 2.42. The maximum Gasteiger partial charge on any atom is 0.0774 e. The summed E-state index contributed by atoms with van der Waals surface area (Å²) >= 11 is 5.92. The van der Waals surface area contributed by atoms with E-state index in [4.69, 9.17) is 11.6 Å². The molecule has 0 radical (unpaired) electrons. The molecule has 1 aliphatic heterocycles. The van der Waals surface area contributed by atoms with Crippen molar-refractivity contribution in [2.75, 3.05) is 19.6 Å². The van der Waals surface area contributed by atoms with E-state index in [-0.39, 0.29) is 0 Å². The number of rotatable bonds is 4. The summed E-state index contributed by atoms with van der Waals surface area (Å²) in [5.74, 6) is 1.52. The standard InChI is InChI=1S/C18H26ClNO/c1-14-6-8-18(21,9-7-14)13-20-11-16(12-20)10-15-2-4-17(19)5-3-15/h2-5,14,16,21H,6-13H2,1H3. The lowest BCUT2D eigenvalue weighted by Crippen LogP contribution is -2.55. The van der Waals surface area contributed by atoms with Gasteiger partial charge in [-0.1, -0.05) is 30.7 Å². The molecule has 3 heteroatoms. The smallest absolute Gasteiger partial charge is 0.0774 e. The minimum atomic E-state index is -0.419. The summed E-state index contributed by atoms with van der Waals surface area (Å²) in [6.07, 6.45) is 5.44. The van der Waals surface area contributed by atoms with Gasteiger partial charge in [0.2, 0.25) is 0 Å². The molecule has 0 spiro atoms. The maximum absolute atomic E-state index is 10.7. The molecule has 2 fully saturated rings. The van der Waals surface area contributed by atoms with Crippen molar-refractivity contribution in [1.82, 2.24) is 4.90 Å². The lowest BCUT2D eigenvalue weighted by atomic mass is 9.78. The largest absolute Gasteiger partial charge is 0.389 e. The third-order valence-electron chi connectivity index (χ3n) is 5.19. The zero-order valence-corrected chi connectivity index (χ0v) is 13.6. The van der Waals surface area contributed by atoms with Gasteiger partial charge < -0.3 is 5.11 Å². The fourth-order valence-corrected chi connectivity index (χ4v) is 3.89. The predicted molar refractivity (Wildman–Crippen MR) is 87.7 cm³/mol. The van der Waals surface area contributed by atoms with Gasteiger partial charge in [0.25, 0.3) is 0 Å². The number of nitrogens with zero attached hydrogens (tertiary/aromatic N) is 1. The van der Waals surface area contributed by atoms with Crippen LogP contribution in [0.1, 0.15) is 38.2 Å². The van der Waals surface area contributed by atoms with Crippen molar-refractivity contribution in [1.29, 1.82) is 0 Å². The molecule has 1 aromatic carbocycles. The number of halogens is 1. The molecule has 1 N–H and O–H groups in total. The van der Waals surface area contributed by atoms with Crippen LogP contribution in [-0.2, 0) is 6.42 Å². The summed E-state index contributed by atoms with van der Waals surface area (Å²) in [6.45, 7) is 5.42. The van der Waals surface area contributed by atoms with E-state index in [9.17, 15) is 5.11 Å². The van der Waals surface area contributed by atoms with Crippen molar-refractivity contribution in [3.8, 4) is 0 Å². The Bertz CT molecular complexity index is 459. The zero-order chi connectivity index (χ0) is 14.9. The number of β-amino-alcohol motifs (C(OH)–C–C–N with tert-alkyl or cyclic N) is 1. The van der Waals surface area contributed by atoms with Crippen LogP contribution in [0.2, 0.25) is 5.02 Å². The predicted octanol–water partition coefficient (Wildman–Crippen LogP) is 3.76. The Morgan fingerprint density at radius 2 is 1.81 bits per heavy atom. The van der Waals surface area contributed by atoms with E-state index in [1.807, 2.05) is 12.1 Å². The summed E-state index contributed by atoms with van der Waals surface area (Å²) in [5, 5.41) is 11.5. The molecule has 1 heterocycles. The van der Waals surface area contributed by atoms with Crippen molar-refractivity contribution in [2.45, 2.75) is 44.6 Å². The molecule has 0 atom stereocenters. The van der Waals surface area contributed by atoms with E-state index in [0.29, 0.717) is 0 Å². The topological polar surface area (TPSA) is 23.5 Å². The number of hydrogen-bond acceptors (Lipinski definition) is 2. The number of aliphatic hydroxyl groups is 1. The highest BCUT2D eigenvalue weighted by molar-refractivity contribution is 6.30. The Labute approximate surface area is 133 Å². The highest BCUT2D eigenvalue weighted by Gasteiger charge is 2.37. The van der Waals surface area contributed by atoms with Crippen molar-refractivity contribution < 1.29 is 5.11 Å². The fourth-order valence-electron chi connectivity index (χ4n) is 3.76. The van der Waals surface area contributed by atoms with Crippen LogP contribution >= 0.6 is 11.6 Å². The van der Waals surface area contributed by atoms with Crippen molar-refractivity contribution in [3.05, 3.63) is 34.9 Å². The molecule has 2 aliphatic rings. The summed E-state index contributed by atoms with van der Waals surface area (Å²) in [6, 6.07) is 8.20. The highest BCUT2D eigenvalue weighted by Crippen LogP contribution is 2.34. The van der Waals surface area contributed by atoms with E-state index in [0.717, 1.165) is 55.8 Å². The molecule has 0 aromatic heterocycles. The van der Waals surface area contributed by atoms with Gasteiger partial charge in [0.05, 0.1) is 5.60 Å². The fraction of sp³-hybridized carbons (Fsp3) is 0.667. The van der Waals surface area contributed by atoms with Gasteiger partial charge in [0.15, 0.2) is 0 Å². The Balaban J connectivity index is 1.42. The summed E-state index contributed by atoms with van der Waals surface area (Å²) in [5.41, 5.74) is 0.951. The molecule has 1 saturated carbocycles. The Kier molecular flexibility index (Phi) is 4.58. The third kappa shape index (κ3) is 4.00. The van der Waals surface area contributed by atoms with Crippen LogP contribution in [0, 0.1) is 11.8 Å². The molecule has 21 heavy (non-hydrogen) atoms. The van der Waals surface area contributed by atoms with Crippen LogP contribution in [0.3, 0.4) is 0 Å². The first-order chi connectivity index (χ1) is 10.0. The SMILES string of the molecule is CC1CCC(O)(CN2CC(Cc3ccc(Cl)cc3)C2)CC1. The van der Waals surface area contributed by atoms with Gasteiger partial charge in [-0.15, -0.1) is 0 Å². The first kappa shape index (κ1) is 15.3. The third-order valence-corrected chi connectivity index (χ3v) is 5.45. The minimum absolute atomic E-state index is 0.419. The van der Waals surface area contributed by atoms with E-state index >= 15 is 0 Å². The normalized spacial score (nSPS) is 31.1. The number of hydrogen-bond donors (Lipinski definition) is 1. The molecule has 0 unspecified atom stereocenters. The van der Waals surface area contributed by atoms with E-state index in [1.54, 1.807) is 0 Å². The number of benzene rings is 1. The molecule has 1 saturated heterocycles. The Hall–Kier alpha value is -0.570. The summed E-state index contributed by atoms with van der Waals surface area (Å²) in [7, 11) is 0. The maximum atomic E-state index is 10.7. The van der Waals surface area contributed by atoms with Crippen molar-refractivity contribution in [3.63, 3.8) is 0 Å². The van der Waals surface area contributed by atoms with E-state index < -0.39 is 5.60 Å². The van der Waals surface area contributed by atoms with E-state index in [1.165, 1.54) is 18.4 Å². The minimum Gasteiger partial charge on any atom is -0.389 e. The zero-order valence-electron chi connectivity index (χ0n) is 12.9. The monoisotopic (exact) mass is 307 g/mol. The second kappa shape index (κ2) is 6.28. The van der Waals surface area contributed by atoms with Gasteiger partial charge in [-0.3, -0.25) is 4.90 Å². The Morgan fingerprint density at radius 1 is 1.19 bits per heavy atom. The van der Waals surface area contributed by atoms with Gasteiger partial charge in [0, 0.05) is 24.7 Å². The molecule has 116 valence electrons. The van der Waals surface area contributed by atoms with Crippen LogP contribution in [0.4, 0.5) is 0 Å². The van der Waals surface area contributed by atoms with Crippen molar-refractivity contribution in [2.24, 2.45) is 11.8 Å². The van der Waals surface area contributed by atoms with E-state index in [2.05, 4.69) is 24.0 Å². The van der Waals surface area contributed by atoms with Gasteiger partial charge in [-0.25, -0.2) is 0 Å². The van der Waals surface area contributed by atoms with Gasteiger partial charge >= 0.3 is 0 Å². The molecular formula is C18H26ClNO. The summed E-state index contributed by atoms with van der Waals surface area (Å²) < 4.78 is 0. The molecular weight excluding hydrogens is 282 g/mol. The molecule has 1 aliphatic carbocycles. The van der Waals surface area contributed by atoms with Crippen molar-refractivity contribution >= 4 is 11.6 Å². The van der Waals surface area contributed by atoms with Gasteiger partial charge in [-0.05, 0) is 61.6 Å². The van der Waals surface area contributed by atoms with Crippen LogP contribution < -0.4 is 0 Å². The molecule has 3 rings (SSSR count). The van der Waals surface area contributed by atoms with Crippen LogP contribution in [0.25, 0.3) is 0 Å². The average molecular weight is 308 g/mol. The quantitative estimate of drug-likeness (QED) is 0.915. The Morgan fingerprint density at radius 3 is 2.43 bits per heavy atom. The summed E-state index contributed by atoms with van der Waals surface area (Å²) in [4.78, 5) is 2.43. The molecule has 2 nitrogen and oxygen atoms in total. The van der Waals surface area contributed by atoms with Crippen LogP contribution in [0.5, 0.6) is 0 Å². The van der Waals surface area contributed by atoms with Crippen LogP contribution in [-0.4, -0.2) is 35.2 Å². The molecule has 1 aromatic rings. The second-order valence-electron chi connectivity index (χ2n) is 7.30.